The Morgan fingerprint density at radius 3 is 2.90 bits per heavy atom. The van der Waals surface area contributed by atoms with E-state index in [9.17, 15) is 0 Å². The van der Waals surface area contributed by atoms with E-state index >= 15 is 0 Å². The van der Waals surface area contributed by atoms with E-state index in [0.29, 0.717) is 0 Å². The Balaban J connectivity index is 2.93. The molecule has 1 atom stereocenters. The fraction of sp³-hybridized carbons (Fsp3) is 0.125. The van der Waals surface area contributed by atoms with Crippen molar-refractivity contribution in [2.75, 3.05) is 0 Å². The van der Waals surface area contributed by atoms with Gasteiger partial charge in [0.1, 0.15) is 0 Å². The van der Waals surface area contributed by atoms with Gasteiger partial charge in [-0.2, -0.15) is 0 Å². The van der Waals surface area contributed by atoms with E-state index in [4.69, 9.17) is 0 Å². The van der Waals surface area contributed by atoms with Crippen molar-refractivity contribution in [3.05, 3.63) is 29.7 Å². The first-order chi connectivity index (χ1) is 4.88. The molecular weight excluding hydrogens is 138 g/mol. The zero-order valence-corrected chi connectivity index (χ0v) is 6.89. The average Bonchev–Trinajstić information content (AvgIpc) is 2.34. The molecule has 2 aromatic rings. The van der Waals surface area contributed by atoms with Gasteiger partial charge in [-0.1, -0.05) is 0 Å². The van der Waals surface area contributed by atoms with Gasteiger partial charge in [-0.25, -0.2) is 0 Å². The van der Waals surface area contributed by atoms with Crippen LogP contribution in [-0.4, -0.2) is 6.62 Å². The number of aryl methyl sites for hydroxylation is 1. The molecule has 0 radical (unpaired) electrons. The normalized spacial score (nSPS) is 10.9. The molecule has 0 saturated carbocycles. The third-order valence-corrected chi connectivity index (χ3v) is 3.12. The predicted molar refractivity (Wildman–Crippen MR) is 49.5 cm³/mol. The summed E-state index contributed by atoms with van der Waals surface area (Å²) in [5, 5.41) is 2.95. The SMILES string of the molecule is Cc1b[pH]c2ccccc12. The predicted octanol–water partition coefficient (Wildman–Crippen LogP) is 2.52. The van der Waals surface area contributed by atoms with Crippen molar-refractivity contribution in [1.29, 1.82) is 0 Å². The van der Waals surface area contributed by atoms with Gasteiger partial charge in [0.2, 0.25) is 0 Å². The van der Waals surface area contributed by atoms with Crippen molar-refractivity contribution in [3.63, 3.8) is 0 Å². The molecule has 1 aromatic heterocycles. The van der Waals surface area contributed by atoms with Crippen LogP contribution in [0.1, 0.15) is 5.46 Å². The second kappa shape index (κ2) is 2.25. The molecule has 0 amide bonds. The Morgan fingerprint density at radius 2 is 2.10 bits per heavy atom. The van der Waals surface area contributed by atoms with E-state index in [2.05, 4.69) is 37.8 Å². The zero-order chi connectivity index (χ0) is 6.97. The van der Waals surface area contributed by atoms with Gasteiger partial charge in [0.15, 0.2) is 0 Å². The van der Waals surface area contributed by atoms with Crippen LogP contribution in [-0.2, 0) is 0 Å². The van der Waals surface area contributed by atoms with E-state index in [-0.39, 0.29) is 0 Å². The van der Waals surface area contributed by atoms with Crippen LogP contribution in [0.3, 0.4) is 0 Å². The Morgan fingerprint density at radius 1 is 1.30 bits per heavy atom. The summed E-state index contributed by atoms with van der Waals surface area (Å²) < 4.78 is 0. The van der Waals surface area contributed by atoms with Crippen LogP contribution >= 0.6 is 8.07 Å². The summed E-state index contributed by atoms with van der Waals surface area (Å²) in [5.74, 6) is 0. The fourth-order valence-electron chi connectivity index (χ4n) is 1.22. The van der Waals surface area contributed by atoms with Crippen molar-refractivity contribution >= 4 is 25.2 Å². The number of benzene rings is 1. The number of hydrogen-bond donors (Lipinski definition) is 0. The van der Waals surface area contributed by atoms with Gasteiger partial charge in [0, 0.05) is 0 Å². The third-order valence-electron chi connectivity index (χ3n) is 1.80. The van der Waals surface area contributed by atoms with Crippen molar-refractivity contribution in [3.8, 4) is 0 Å². The second-order valence-corrected chi connectivity index (χ2v) is 3.63. The van der Waals surface area contributed by atoms with Gasteiger partial charge >= 0.3 is 61.8 Å². The van der Waals surface area contributed by atoms with E-state index in [1.165, 1.54) is 16.0 Å². The summed E-state index contributed by atoms with van der Waals surface area (Å²) in [5.41, 5.74) is 1.44. The molecule has 1 aromatic carbocycles. The molecule has 0 nitrogen and oxygen atoms in total. The Labute approximate surface area is 62.5 Å². The van der Waals surface area contributed by atoms with Gasteiger partial charge in [-0.15, -0.1) is 0 Å². The standard InChI is InChI=1S/C8H8BP/c1-6-7-4-2-3-5-8(7)10-9-6/h2-5,10H,1H3. The first-order valence-corrected chi connectivity index (χ1v) is 4.48. The molecular formula is C8H8BP. The van der Waals surface area contributed by atoms with Crippen LogP contribution in [0.25, 0.3) is 10.5 Å². The van der Waals surface area contributed by atoms with Crippen LogP contribution in [0.4, 0.5) is 0 Å². The first kappa shape index (κ1) is 6.18. The molecule has 1 unspecified atom stereocenters. The summed E-state index contributed by atoms with van der Waals surface area (Å²) in [6, 6.07) is 8.62. The molecule has 0 aliphatic carbocycles. The number of fused-ring (bicyclic) bond motifs is 1. The molecule has 0 aliphatic rings. The molecule has 2 heteroatoms. The average molecular weight is 146 g/mol. The van der Waals surface area contributed by atoms with Crippen molar-refractivity contribution in [1.82, 2.24) is 0 Å². The van der Waals surface area contributed by atoms with Crippen molar-refractivity contribution < 1.29 is 0 Å². The van der Waals surface area contributed by atoms with Crippen LogP contribution in [0.15, 0.2) is 24.3 Å². The maximum atomic E-state index is 2.31. The Hall–Kier alpha value is -0.545. The van der Waals surface area contributed by atoms with Gasteiger partial charge in [0.25, 0.3) is 0 Å². The molecule has 2 rings (SSSR count). The fourth-order valence-corrected chi connectivity index (χ4v) is 2.37. The molecule has 48 valence electrons. The van der Waals surface area contributed by atoms with Gasteiger partial charge in [-0.05, 0) is 0 Å². The Kier molecular flexibility index (Phi) is 1.39. The van der Waals surface area contributed by atoms with Gasteiger partial charge < -0.3 is 0 Å². The molecule has 0 spiro atoms. The topological polar surface area (TPSA) is 0 Å². The van der Waals surface area contributed by atoms with Gasteiger partial charge in [0.05, 0.1) is 0 Å². The molecule has 0 aliphatic heterocycles. The van der Waals surface area contributed by atoms with Gasteiger partial charge in [-0.3, -0.25) is 0 Å². The van der Waals surface area contributed by atoms with E-state index in [1.807, 2.05) is 0 Å². The molecule has 0 bridgehead atoms. The Bertz CT molecular complexity index is 351. The molecule has 0 N–H and O–H groups in total. The zero-order valence-electron chi connectivity index (χ0n) is 5.89. The van der Waals surface area contributed by atoms with E-state index in [1.54, 1.807) is 0 Å². The maximum absolute atomic E-state index is 2.31. The van der Waals surface area contributed by atoms with Crippen LogP contribution in [0.2, 0.25) is 0 Å². The van der Waals surface area contributed by atoms with E-state index in [0.717, 1.165) is 8.07 Å². The monoisotopic (exact) mass is 146 g/mol. The quantitative estimate of drug-likeness (QED) is 0.535. The van der Waals surface area contributed by atoms with Crippen molar-refractivity contribution in [2.24, 2.45) is 0 Å². The molecule has 0 fully saturated rings. The summed E-state index contributed by atoms with van der Waals surface area (Å²) in [4.78, 5) is 0. The first-order valence-electron chi connectivity index (χ1n) is 3.40. The summed E-state index contributed by atoms with van der Waals surface area (Å²) in [6.07, 6.45) is 0. The van der Waals surface area contributed by atoms with Crippen LogP contribution in [0, 0.1) is 6.92 Å². The summed E-state index contributed by atoms with van der Waals surface area (Å²) in [7, 11) is 0.898. The second-order valence-electron chi connectivity index (χ2n) is 2.52. The molecule has 0 saturated heterocycles. The van der Waals surface area contributed by atoms with Crippen LogP contribution in [0.5, 0.6) is 0 Å². The minimum atomic E-state index is 0.898. The number of rotatable bonds is 0. The van der Waals surface area contributed by atoms with E-state index < -0.39 is 0 Å². The van der Waals surface area contributed by atoms with Crippen LogP contribution < -0.4 is 0 Å². The third kappa shape index (κ3) is 0.821. The molecule has 1 heterocycles. The minimum absolute atomic E-state index is 0.898. The summed E-state index contributed by atoms with van der Waals surface area (Å²) in [6.45, 7) is 4.49. The molecule has 10 heavy (non-hydrogen) atoms. The van der Waals surface area contributed by atoms with Crippen molar-refractivity contribution in [2.45, 2.75) is 6.92 Å². The number of hydrogen-bond acceptors (Lipinski definition) is 0. The summed E-state index contributed by atoms with van der Waals surface area (Å²) >= 11 is 0.